The summed E-state index contributed by atoms with van der Waals surface area (Å²) in [6, 6.07) is 7.78. The van der Waals surface area contributed by atoms with Crippen LogP contribution in [0.1, 0.15) is 50.7 Å². The molecule has 0 spiro atoms. The van der Waals surface area contributed by atoms with Crippen molar-refractivity contribution in [2.45, 2.75) is 54.4 Å². The molecule has 2 heterocycles. The molecule has 0 aliphatic carbocycles. The molecule has 0 radical (unpaired) electrons. The molecule has 0 aliphatic heterocycles. The lowest BCUT2D eigenvalue weighted by Crippen LogP contribution is -2.39. The van der Waals surface area contributed by atoms with Crippen molar-refractivity contribution in [1.82, 2.24) is 0 Å². The van der Waals surface area contributed by atoms with Crippen LogP contribution in [0.3, 0.4) is 0 Å². The van der Waals surface area contributed by atoms with Gasteiger partial charge in [0.05, 0.1) is 0 Å². The SMILES string of the molecule is Cc1ccc(CC(C)(C)C(=O)C(C)(C)Cc2ccc(C)o2)o1. The normalized spacial score (nSPS) is 12.6. The summed E-state index contributed by atoms with van der Waals surface area (Å²) in [5.41, 5.74) is -0.954. The molecule has 0 saturated heterocycles. The number of aryl methyl sites for hydroxylation is 2. The summed E-state index contributed by atoms with van der Waals surface area (Å²) in [6.07, 6.45) is 1.22. The molecule has 0 bridgehead atoms. The molecule has 0 unspecified atom stereocenters. The Labute approximate surface area is 132 Å². The van der Waals surface area contributed by atoms with E-state index in [0.717, 1.165) is 23.0 Å². The maximum absolute atomic E-state index is 13.0. The fourth-order valence-corrected chi connectivity index (χ4v) is 3.11. The van der Waals surface area contributed by atoms with Gasteiger partial charge in [-0.2, -0.15) is 0 Å². The van der Waals surface area contributed by atoms with Crippen LogP contribution in [0.15, 0.2) is 33.1 Å². The highest BCUT2D eigenvalue weighted by Crippen LogP contribution is 2.35. The van der Waals surface area contributed by atoms with Gasteiger partial charge in [0, 0.05) is 23.7 Å². The van der Waals surface area contributed by atoms with Gasteiger partial charge in [-0.05, 0) is 38.1 Å². The fraction of sp³-hybridized carbons (Fsp3) is 0.526. The van der Waals surface area contributed by atoms with Crippen LogP contribution in [0, 0.1) is 24.7 Å². The number of carbonyl (C=O) groups is 1. The average Bonchev–Trinajstić information content (AvgIpc) is 2.96. The van der Waals surface area contributed by atoms with Crippen LogP contribution in [0.25, 0.3) is 0 Å². The Morgan fingerprint density at radius 3 is 1.45 bits per heavy atom. The smallest absolute Gasteiger partial charge is 0.144 e. The van der Waals surface area contributed by atoms with Crippen LogP contribution < -0.4 is 0 Å². The van der Waals surface area contributed by atoms with Crippen molar-refractivity contribution >= 4 is 5.78 Å². The zero-order chi connectivity index (χ0) is 16.5. The molecule has 3 heteroatoms. The van der Waals surface area contributed by atoms with E-state index in [1.165, 1.54) is 0 Å². The van der Waals surface area contributed by atoms with Gasteiger partial charge < -0.3 is 8.83 Å². The van der Waals surface area contributed by atoms with E-state index in [9.17, 15) is 4.79 Å². The molecular formula is C19H26O3. The molecule has 0 fully saturated rings. The van der Waals surface area contributed by atoms with E-state index in [1.54, 1.807) is 0 Å². The Kier molecular flexibility index (Phi) is 4.37. The molecule has 2 aromatic rings. The van der Waals surface area contributed by atoms with E-state index < -0.39 is 10.8 Å². The quantitative estimate of drug-likeness (QED) is 0.762. The summed E-state index contributed by atoms with van der Waals surface area (Å²) in [5.74, 6) is 3.70. The lowest BCUT2D eigenvalue weighted by molar-refractivity contribution is -0.136. The molecule has 120 valence electrons. The van der Waals surface area contributed by atoms with Crippen LogP contribution in [0.5, 0.6) is 0 Å². The van der Waals surface area contributed by atoms with Crippen molar-refractivity contribution < 1.29 is 13.6 Å². The second kappa shape index (κ2) is 5.79. The van der Waals surface area contributed by atoms with Crippen molar-refractivity contribution in [3.05, 3.63) is 47.3 Å². The first-order chi connectivity index (χ1) is 10.1. The van der Waals surface area contributed by atoms with Crippen molar-refractivity contribution in [2.75, 3.05) is 0 Å². The van der Waals surface area contributed by atoms with Crippen molar-refractivity contribution in [2.24, 2.45) is 10.8 Å². The maximum atomic E-state index is 13.0. The molecule has 2 rings (SSSR count). The highest BCUT2D eigenvalue weighted by Gasteiger charge is 2.40. The summed E-state index contributed by atoms with van der Waals surface area (Å²) in [7, 11) is 0. The third-order valence-corrected chi connectivity index (χ3v) is 4.05. The highest BCUT2D eigenvalue weighted by molar-refractivity contribution is 5.89. The van der Waals surface area contributed by atoms with E-state index in [4.69, 9.17) is 8.83 Å². The second-order valence-electron chi connectivity index (χ2n) is 7.48. The highest BCUT2D eigenvalue weighted by atomic mass is 16.3. The van der Waals surface area contributed by atoms with Crippen molar-refractivity contribution in [3.8, 4) is 0 Å². The van der Waals surface area contributed by atoms with Gasteiger partial charge in [0.25, 0.3) is 0 Å². The van der Waals surface area contributed by atoms with Crippen LogP contribution >= 0.6 is 0 Å². The molecule has 0 amide bonds. The molecule has 3 nitrogen and oxygen atoms in total. The number of rotatable bonds is 6. The first-order valence-electron chi connectivity index (χ1n) is 7.76. The standard InChI is InChI=1S/C19H26O3/c1-13-7-9-15(21-13)11-18(3,4)17(20)19(5,6)12-16-10-8-14(2)22-16/h7-10H,11-12H2,1-6H3. The molecule has 2 aromatic heterocycles. The van der Waals surface area contributed by atoms with Gasteiger partial charge in [0.1, 0.15) is 28.8 Å². The van der Waals surface area contributed by atoms with E-state index in [1.807, 2.05) is 65.8 Å². The Morgan fingerprint density at radius 2 is 1.18 bits per heavy atom. The largest absolute Gasteiger partial charge is 0.466 e. The van der Waals surface area contributed by atoms with Gasteiger partial charge in [0.2, 0.25) is 0 Å². The monoisotopic (exact) mass is 302 g/mol. The average molecular weight is 302 g/mol. The zero-order valence-corrected chi connectivity index (χ0v) is 14.4. The number of furan rings is 2. The van der Waals surface area contributed by atoms with E-state index in [-0.39, 0.29) is 5.78 Å². The van der Waals surface area contributed by atoms with Gasteiger partial charge in [-0.3, -0.25) is 4.79 Å². The van der Waals surface area contributed by atoms with Crippen LogP contribution in [-0.4, -0.2) is 5.78 Å². The minimum atomic E-state index is -0.477. The molecule has 0 atom stereocenters. The molecule has 0 saturated carbocycles. The first kappa shape index (κ1) is 16.6. The molecule has 0 N–H and O–H groups in total. The molecule has 0 aliphatic rings. The third-order valence-electron chi connectivity index (χ3n) is 4.05. The van der Waals surface area contributed by atoms with E-state index in [0.29, 0.717) is 12.8 Å². The topological polar surface area (TPSA) is 43.4 Å². The van der Waals surface area contributed by atoms with E-state index in [2.05, 4.69) is 0 Å². The maximum Gasteiger partial charge on any atom is 0.144 e. The van der Waals surface area contributed by atoms with Gasteiger partial charge in [0.15, 0.2) is 0 Å². The predicted molar refractivity (Wildman–Crippen MR) is 86.9 cm³/mol. The number of hydrogen-bond donors (Lipinski definition) is 0. The minimum absolute atomic E-state index is 0.225. The van der Waals surface area contributed by atoms with Gasteiger partial charge >= 0.3 is 0 Å². The second-order valence-corrected chi connectivity index (χ2v) is 7.48. The summed E-state index contributed by atoms with van der Waals surface area (Å²) in [5, 5.41) is 0. The van der Waals surface area contributed by atoms with Gasteiger partial charge in [-0.1, -0.05) is 27.7 Å². The molecule has 22 heavy (non-hydrogen) atoms. The van der Waals surface area contributed by atoms with Crippen LogP contribution in [-0.2, 0) is 17.6 Å². The Hall–Kier alpha value is -1.77. The third kappa shape index (κ3) is 3.70. The number of hydrogen-bond acceptors (Lipinski definition) is 3. The Balaban J connectivity index is 2.13. The molecule has 0 aromatic carbocycles. The Bertz CT molecular complexity index is 600. The van der Waals surface area contributed by atoms with Crippen LogP contribution in [0.2, 0.25) is 0 Å². The fourth-order valence-electron chi connectivity index (χ4n) is 3.11. The van der Waals surface area contributed by atoms with Crippen LogP contribution in [0.4, 0.5) is 0 Å². The van der Waals surface area contributed by atoms with E-state index >= 15 is 0 Å². The lowest BCUT2D eigenvalue weighted by atomic mass is 9.70. The zero-order valence-electron chi connectivity index (χ0n) is 14.4. The number of Topliss-reactive ketones (excluding diaryl/α,β-unsaturated/α-hetero) is 1. The van der Waals surface area contributed by atoms with Gasteiger partial charge in [-0.25, -0.2) is 0 Å². The minimum Gasteiger partial charge on any atom is -0.466 e. The van der Waals surface area contributed by atoms with Crippen molar-refractivity contribution in [3.63, 3.8) is 0 Å². The lowest BCUT2D eigenvalue weighted by Gasteiger charge is -2.32. The number of ketones is 1. The Morgan fingerprint density at radius 1 is 0.818 bits per heavy atom. The van der Waals surface area contributed by atoms with Gasteiger partial charge in [-0.15, -0.1) is 0 Å². The number of carbonyl (C=O) groups excluding carboxylic acids is 1. The predicted octanol–water partition coefficient (Wildman–Crippen LogP) is 4.90. The summed E-state index contributed by atoms with van der Waals surface area (Å²) in [6.45, 7) is 11.8. The summed E-state index contributed by atoms with van der Waals surface area (Å²) in [4.78, 5) is 13.0. The van der Waals surface area contributed by atoms with Crippen molar-refractivity contribution in [1.29, 1.82) is 0 Å². The first-order valence-corrected chi connectivity index (χ1v) is 7.76. The molecular weight excluding hydrogens is 276 g/mol. The summed E-state index contributed by atoms with van der Waals surface area (Å²) >= 11 is 0. The summed E-state index contributed by atoms with van der Waals surface area (Å²) < 4.78 is 11.3.